The molecule has 70 valence electrons. The molecular formula is C11H9BrN2. The highest BCUT2D eigenvalue weighted by molar-refractivity contribution is 9.10. The van der Waals surface area contributed by atoms with E-state index in [2.05, 4.69) is 33.0 Å². The molecule has 0 spiro atoms. The molecule has 0 aliphatic heterocycles. The monoisotopic (exact) mass is 248 g/mol. The summed E-state index contributed by atoms with van der Waals surface area (Å²) in [5.41, 5.74) is 2.34. The Morgan fingerprint density at radius 3 is 3.07 bits per heavy atom. The Morgan fingerprint density at radius 1 is 1.43 bits per heavy atom. The van der Waals surface area contributed by atoms with Crippen LogP contribution in [0.3, 0.4) is 0 Å². The second-order valence-corrected chi connectivity index (χ2v) is 4.08. The summed E-state index contributed by atoms with van der Waals surface area (Å²) in [4.78, 5) is 3.19. The Bertz CT molecular complexity index is 493. The van der Waals surface area contributed by atoms with Crippen molar-refractivity contribution >= 4 is 26.8 Å². The van der Waals surface area contributed by atoms with Crippen LogP contribution in [0, 0.1) is 11.3 Å². The highest BCUT2D eigenvalue weighted by Gasteiger charge is 2.03. The summed E-state index contributed by atoms with van der Waals surface area (Å²) in [6.07, 6.45) is 3.36. The van der Waals surface area contributed by atoms with E-state index < -0.39 is 0 Å². The molecule has 0 aliphatic rings. The van der Waals surface area contributed by atoms with Gasteiger partial charge in [-0.2, -0.15) is 5.26 Å². The van der Waals surface area contributed by atoms with Crippen LogP contribution in [0.1, 0.15) is 12.0 Å². The van der Waals surface area contributed by atoms with Crippen LogP contribution in [0.2, 0.25) is 0 Å². The first-order valence-corrected chi connectivity index (χ1v) is 5.23. The summed E-state index contributed by atoms with van der Waals surface area (Å²) in [5, 5.41) is 9.73. The molecular weight excluding hydrogens is 240 g/mol. The molecule has 0 bridgehead atoms. The van der Waals surface area contributed by atoms with E-state index in [4.69, 9.17) is 5.26 Å². The van der Waals surface area contributed by atoms with Crippen molar-refractivity contribution in [2.24, 2.45) is 0 Å². The molecule has 1 aromatic heterocycles. The van der Waals surface area contributed by atoms with Crippen molar-refractivity contribution in [1.29, 1.82) is 5.26 Å². The van der Waals surface area contributed by atoms with Gasteiger partial charge in [0.2, 0.25) is 0 Å². The van der Waals surface area contributed by atoms with E-state index in [1.54, 1.807) is 0 Å². The Morgan fingerprint density at radius 2 is 2.29 bits per heavy atom. The maximum atomic E-state index is 8.52. The summed E-state index contributed by atoms with van der Waals surface area (Å²) in [6.45, 7) is 0. The van der Waals surface area contributed by atoms with Crippen molar-refractivity contribution in [3.63, 3.8) is 0 Å². The van der Waals surface area contributed by atoms with E-state index in [1.165, 1.54) is 10.9 Å². The summed E-state index contributed by atoms with van der Waals surface area (Å²) in [7, 11) is 0. The predicted octanol–water partition coefficient (Wildman–Crippen LogP) is 3.39. The smallest absolute Gasteiger partial charge is 0.0625 e. The van der Waals surface area contributed by atoms with Crippen LogP contribution in [0.5, 0.6) is 0 Å². The number of nitrogens with one attached hydrogen (secondary N) is 1. The first-order valence-electron chi connectivity index (χ1n) is 4.44. The molecule has 2 nitrogen and oxygen atoms in total. The van der Waals surface area contributed by atoms with Crippen LogP contribution < -0.4 is 0 Å². The zero-order valence-electron chi connectivity index (χ0n) is 7.55. The lowest BCUT2D eigenvalue weighted by Crippen LogP contribution is -1.80. The molecule has 0 aliphatic carbocycles. The van der Waals surface area contributed by atoms with Gasteiger partial charge in [0.15, 0.2) is 0 Å². The number of aromatic nitrogens is 1. The number of nitriles is 1. The van der Waals surface area contributed by atoms with Gasteiger partial charge in [-0.1, -0.05) is 15.9 Å². The van der Waals surface area contributed by atoms with Gasteiger partial charge in [0.25, 0.3) is 0 Å². The second-order valence-electron chi connectivity index (χ2n) is 3.16. The molecule has 0 atom stereocenters. The van der Waals surface area contributed by atoms with Crippen molar-refractivity contribution in [1.82, 2.24) is 4.98 Å². The maximum absolute atomic E-state index is 8.52. The normalized spacial score (nSPS) is 10.3. The third-order valence-corrected chi connectivity index (χ3v) is 2.73. The minimum absolute atomic E-state index is 0.569. The number of H-pyrrole nitrogens is 1. The molecule has 0 unspecified atom stereocenters. The van der Waals surface area contributed by atoms with Crippen LogP contribution in [0.4, 0.5) is 0 Å². The summed E-state index contributed by atoms with van der Waals surface area (Å²) < 4.78 is 1.07. The first-order chi connectivity index (χ1) is 6.81. The fraction of sp³-hybridized carbons (Fsp3) is 0.182. The summed E-state index contributed by atoms with van der Waals surface area (Å²) >= 11 is 3.44. The zero-order chi connectivity index (χ0) is 9.97. The van der Waals surface area contributed by atoms with Gasteiger partial charge in [-0.25, -0.2) is 0 Å². The predicted molar refractivity (Wildman–Crippen MR) is 59.9 cm³/mol. The molecule has 0 radical (unpaired) electrons. The van der Waals surface area contributed by atoms with Gasteiger partial charge in [-0.15, -0.1) is 0 Å². The Labute approximate surface area is 90.7 Å². The van der Waals surface area contributed by atoms with Crippen LogP contribution >= 0.6 is 15.9 Å². The molecule has 0 amide bonds. The summed E-state index contributed by atoms with van der Waals surface area (Å²) in [5.74, 6) is 0. The van der Waals surface area contributed by atoms with E-state index in [9.17, 15) is 0 Å². The largest absolute Gasteiger partial charge is 0.361 e. The van der Waals surface area contributed by atoms with Crippen LogP contribution in [-0.2, 0) is 6.42 Å². The van der Waals surface area contributed by atoms with E-state index >= 15 is 0 Å². The number of aromatic amines is 1. The quantitative estimate of drug-likeness (QED) is 0.870. The van der Waals surface area contributed by atoms with Gasteiger partial charge in [0, 0.05) is 28.0 Å². The second kappa shape index (κ2) is 3.85. The maximum Gasteiger partial charge on any atom is 0.0625 e. The van der Waals surface area contributed by atoms with Gasteiger partial charge in [-0.3, -0.25) is 0 Å². The average molecular weight is 249 g/mol. The Balaban J connectivity index is 2.46. The topological polar surface area (TPSA) is 39.6 Å². The van der Waals surface area contributed by atoms with Gasteiger partial charge in [0.05, 0.1) is 6.07 Å². The summed E-state index contributed by atoms with van der Waals surface area (Å²) in [6, 6.07) is 8.29. The van der Waals surface area contributed by atoms with Crippen molar-refractivity contribution in [3.8, 4) is 6.07 Å². The number of hydrogen-bond donors (Lipinski definition) is 1. The van der Waals surface area contributed by atoms with Gasteiger partial charge in [-0.05, 0) is 30.2 Å². The third-order valence-electron chi connectivity index (χ3n) is 2.24. The molecule has 2 aromatic rings. The van der Waals surface area contributed by atoms with E-state index in [0.29, 0.717) is 6.42 Å². The molecule has 2 rings (SSSR count). The van der Waals surface area contributed by atoms with E-state index in [0.717, 1.165) is 16.4 Å². The Hall–Kier alpha value is -1.27. The van der Waals surface area contributed by atoms with E-state index in [-0.39, 0.29) is 0 Å². The lowest BCUT2D eigenvalue weighted by Gasteiger charge is -1.95. The Kier molecular flexibility index (Phi) is 2.55. The van der Waals surface area contributed by atoms with Crippen LogP contribution in [-0.4, -0.2) is 4.98 Å². The number of nitrogens with zero attached hydrogens (tertiary/aromatic N) is 1. The van der Waals surface area contributed by atoms with Gasteiger partial charge >= 0.3 is 0 Å². The number of benzene rings is 1. The number of aryl methyl sites for hydroxylation is 1. The lowest BCUT2D eigenvalue weighted by atomic mass is 10.1. The number of fused-ring (bicyclic) bond motifs is 1. The molecule has 1 aromatic carbocycles. The zero-order valence-corrected chi connectivity index (χ0v) is 9.13. The SMILES string of the molecule is N#CCCc1c[nH]c2ccc(Br)cc12. The van der Waals surface area contributed by atoms with Gasteiger partial charge in [0.1, 0.15) is 0 Å². The van der Waals surface area contributed by atoms with E-state index in [1.807, 2.05) is 18.3 Å². The standard InChI is InChI=1S/C11H9BrN2/c12-9-3-4-11-10(6-9)8(7-14-11)2-1-5-13/h3-4,6-7,14H,1-2H2. The fourth-order valence-corrected chi connectivity index (χ4v) is 1.91. The highest BCUT2D eigenvalue weighted by atomic mass is 79.9. The number of rotatable bonds is 2. The molecule has 14 heavy (non-hydrogen) atoms. The van der Waals surface area contributed by atoms with Crippen molar-refractivity contribution in [2.45, 2.75) is 12.8 Å². The fourth-order valence-electron chi connectivity index (χ4n) is 1.55. The van der Waals surface area contributed by atoms with Crippen molar-refractivity contribution < 1.29 is 0 Å². The molecule has 0 saturated heterocycles. The van der Waals surface area contributed by atoms with Crippen molar-refractivity contribution in [3.05, 3.63) is 34.4 Å². The lowest BCUT2D eigenvalue weighted by molar-refractivity contribution is 1.02. The molecule has 1 heterocycles. The molecule has 0 saturated carbocycles. The average Bonchev–Trinajstić information content (AvgIpc) is 2.57. The number of hydrogen-bond acceptors (Lipinski definition) is 1. The minimum atomic E-state index is 0.569. The van der Waals surface area contributed by atoms with Crippen molar-refractivity contribution in [2.75, 3.05) is 0 Å². The highest BCUT2D eigenvalue weighted by Crippen LogP contribution is 2.23. The molecule has 1 N–H and O–H groups in total. The minimum Gasteiger partial charge on any atom is -0.361 e. The van der Waals surface area contributed by atoms with Crippen LogP contribution in [0.25, 0.3) is 10.9 Å². The van der Waals surface area contributed by atoms with Gasteiger partial charge < -0.3 is 4.98 Å². The molecule has 3 heteroatoms. The molecule has 0 fully saturated rings. The van der Waals surface area contributed by atoms with Crippen LogP contribution in [0.15, 0.2) is 28.9 Å². The third kappa shape index (κ3) is 1.66. The first kappa shape index (κ1) is 9.29. The number of halogens is 1.